The summed E-state index contributed by atoms with van der Waals surface area (Å²) in [6.07, 6.45) is 0.506. The molecule has 92 valence electrons. The van der Waals surface area contributed by atoms with Crippen molar-refractivity contribution >= 4 is 32.6 Å². The van der Waals surface area contributed by atoms with Gasteiger partial charge < -0.3 is 5.32 Å². The van der Waals surface area contributed by atoms with Crippen LogP contribution in [-0.4, -0.2) is 10.9 Å². The van der Waals surface area contributed by atoms with Crippen LogP contribution in [0.25, 0.3) is 10.2 Å². The molecule has 0 saturated heterocycles. The molecule has 1 aromatic heterocycles. The fraction of sp³-hybridized carbons (Fsp3) is 0.308. The number of carbonyl (C=O) groups excluding carboxylic acids is 1. The van der Waals surface area contributed by atoms with Crippen molar-refractivity contribution in [2.75, 3.05) is 5.32 Å². The number of anilines is 1. The van der Waals surface area contributed by atoms with Crippen LogP contribution in [0.15, 0.2) is 18.2 Å². The maximum atomic E-state index is 11.8. The molecular weight excluding hydrogens is 246 g/mol. The van der Waals surface area contributed by atoms with Crippen LogP contribution in [0.2, 0.25) is 0 Å². The van der Waals surface area contributed by atoms with Crippen molar-refractivity contribution in [2.24, 2.45) is 5.92 Å². The summed E-state index contributed by atoms with van der Waals surface area (Å²) in [6, 6.07) is 7.92. The Balaban J connectivity index is 2.22. The number of carbonyl (C=O) groups is 1. The van der Waals surface area contributed by atoms with Gasteiger partial charge in [-0.1, -0.05) is 24.3 Å². The fourth-order valence-electron chi connectivity index (χ4n) is 1.61. The Morgan fingerprint density at radius 3 is 3.06 bits per heavy atom. The number of thiazole rings is 1. The monoisotopic (exact) mass is 259 g/mol. The summed E-state index contributed by atoms with van der Waals surface area (Å²) < 4.78 is 1.04. The molecule has 2 rings (SSSR count). The van der Waals surface area contributed by atoms with Crippen molar-refractivity contribution in [3.05, 3.63) is 23.8 Å². The third kappa shape index (κ3) is 2.49. The molecule has 1 N–H and O–H groups in total. The fourth-order valence-corrected chi connectivity index (χ4v) is 2.58. The van der Waals surface area contributed by atoms with Gasteiger partial charge in [-0.3, -0.25) is 4.79 Å². The van der Waals surface area contributed by atoms with Gasteiger partial charge in [0.25, 0.3) is 0 Å². The zero-order valence-corrected chi connectivity index (χ0v) is 11.0. The van der Waals surface area contributed by atoms with E-state index in [-0.39, 0.29) is 5.91 Å². The first-order valence-electron chi connectivity index (χ1n) is 5.71. The highest BCUT2D eigenvalue weighted by atomic mass is 32.1. The largest absolute Gasteiger partial charge is 0.301 e. The van der Waals surface area contributed by atoms with Crippen LogP contribution in [0.5, 0.6) is 0 Å². The summed E-state index contributed by atoms with van der Waals surface area (Å²) in [5.74, 6) is -0.894. The van der Waals surface area contributed by atoms with Gasteiger partial charge in [-0.15, -0.1) is 0 Å². The van der Waals surface area contributed by atoms with E-state index in [1.807, 2.05) is 38.1 Å². The van der Waals surface area contributed by atoms with Crippen molar-refractivity contribution in [3.8, 4) is 6.07 Å². The molecule has 5 heteroatoms. The van der Waals surface area contributed by atoms with Gasteiger partial charge in [0.15, 0.2) is 5.13 Å². The second-order valence-corrected chi connectivity index (χ2v) is 5.10. The maximum absolute atomic E-state index is 11.8. The second kappa shape index (κ2) is 5.15. The van der Waals surface area contributed by atoms with Crippen LogP contribution < -0.4 is 5.32 Å². The lowest BCUT2D eigenvalue weighted by Crippen LogP contribution is -2.20. The molecule has 0 aliphatic carbocycles. The molecule has 18 heavy (non-hydrogen) atoms. The van der Waals surface area contributed by atoms with Crippen molar-refractivity contribution in [1.29, 1.82) is 5.26 Å². The Morgan fingerprint density at radius 1 is 1.61 bits per heavy atom. The Hall–Kier alpha value is -1.93. The third-order valence-electron chi connectivity index (χ3n) is 2.65. The van der Waals surface area contributed by atoms with E-state index in [1.54, 1.807) is 0 Å². The normalized spacial score (nSPS) is 12.1. The Kier molecular flexibility index (Phi) is 3.58. The number of nitrogens with zero attached hydrogens (tertiary/aromatic N) is 2. The van der Waals surface area contributed by atoms with E-state index < -0.39 is 5.92 Å². The molecule has 0 saturated carbocycles. The summed E-state index contributed by atoms with van der Waals surface area (Å²) >= 11 is 1.43. The van der Waals surface area contributed by atoms with Crippen LogP contribution in [0.4, 0.5) is 5.13 Å². The van der Waals surface area contributed by atoms with E-state index in [1.165, 1.54) is 11.3 Å². The van der Waals surface area contributed by atoms with Crippen LogP contribution in [0.1, 0.15) is 18.9 Å². The predicted octanol–water partition coefficient (Wildman–Crippen LogP) is 3.09. The highest BCUT2D eigenvalue weighted by Crippen LogP contribution is 2.27. The van der Waals surface area contributed by atoms with Gasteiger partial charge in [-0.05, 0) is 31.0 Å². The quantitative estimate of drug-likeness (QED) is 0.921. The SMILES string of the molecule is CCC(C#N)C(=O)Nc1nc2ccc(C)cc2s1. The number of hydrogen-bond donors (Lipinski definition) is 1. The molecular formula is C13H13N3OS. The van der Waals surface area contributed by atoms with E-state index in [9.17, 15) is 4.79 Å². The standard InChI is InChI=1S/C13H13N3OS/c1-3-9(7-14)12(17)16-13-15-10-5-4-8(2)6-11(10)18-13/h4-6,9H,3H2,1-2H3,(H,15,16,17). The molecule has 0 fully saturated rings. The summed E-state index contributed by atoms with van der Waals surface area (Å²) in [6.45, 7) is 3.83. The molecule has 0 aliphatic rings. The number of fused-ring (bicyclic) bond motifs is 1. The predicted molar refractivity (Wildman–Crippen MR) is 72.4 cm³/mol. The highest BCUT2D eigenvalue weighted by Gasteiger charge is 2.17. The topological polar surface area (TPSA) is 65.8 Å². The molecule has 0 aliphatic heterocycles. The van der Waals surface area contributed by atoms with E-state index in [0.717, 1.165) is 15.8 Å². The lowest BCUT2D eigenvalue weighted by molar-refractivity contribution is -0.118. The van der Waals surface area contributed by atoms with Crippen LogP contribution >= 0.6 is 11.3 Å². The number of aryl methyl sites for hydroxylation is 1. The molecule has 1 heterocycles. The average molecular weight is 259 g/mol. The van der Waals surface area contributed by atoms with Gasteiger partial charge in [0.1, 0.15) is 5.92 Å². The molecule has 1 unspecified atom stereocenters. The van der Waals surface area contributed by atoms with Crippen molar-refractivity contribution in [3.63, 3.8) is 0 Å². The molecule has 1 aromatic carbocycles. The first-order chi connectivity index (χ1) is 8.63. The number of nitrogens with one attached hydrogen (secondary N) is 1. The molecule has 4 nitrogen and oxygen atoms in total. The highest BCUT2D eigenvalue weighted by molar-refractivity contribution is 7.22. The van der Waals surface area contributed by atoms with Gasteiger partial charge in [-0.25, -0.2) is 4.98 Å². The van der Waals surface area contributed by atoms with E-state index in [4.69, 9.17) is 5.26 Å². The van der Waals surface area contributed by atoms with Gasteiger partial charge in [0.05, 0.1) is 16.3 Å². The second-order valence-electron chi connectivity index (χ2n) is 4.07. The van der Waals surface area contributed by atoms with E-state index in [0.29, 0.717) is 11.6 Å². The van der Waals surface area contributed by atoms with Crippen LogP contribution in [0.3, 0.4) is 0 Å². The molecule has 1 amide bonds. The molecule has 0 bridgehead atoms. The van der Waals surface area contributed by atoms with Crippen molar-refractivity contribution < 1.29 is 4.79 Å². The van der Waals surface area contributed by atoms with E-state index in [2.05, 4.69) is 10.3 Å². The third-order valence-corrected chi connectivity index (χ3v) is 3.59. The minimum atomic E-state index is -0.612. The van der Waals surface area contributed by atoms with Crippen molar-refractivity contribution in [2.45, 2.75) is 20.3 Å². The number of hydrogen-bond acceptors (Lipinski definition) is 4. The lowest BCUT2D eigenvalue weighted by atomic mass is 10.1. The summed E-state index contributed by atoms with van der Waals surface area (Å²) in [4.78, 5) is 16.1. The molecule has 2 aromatic rings. The number of rotatable bonds is 3. The average Bonchev–Trinajstić information content (AvgIpc) is 2.71. The Bertz CT molecular complexity index is 627. The van der Waals surface area contributed by atoms with Gasteiger partial charge in [0.2, 0.25) is 5.91 Å². The van der Waals surface area contributed by atoms with Crippen LogP contribution in [0, 0.1) is 24.2 Å². The van der Waals surface area contributed by atoms with Gasteiger partial charge in [-0.2, -0.15) is 5.26 Å². The number of benzene rings is 1. The maximum Gasteiger partial charge on any atom is 0.243 e. The summed E-state index contributed by atoms with van der Waals surface area (Å²) in [5, 5.41) is 12.1. The zero-order chi connectivity index (χ0) is 13.1. The Morgan fingerprint density at radius 2 is 2.39 bits per heavy atom. The summed E-state index contributed by atoms with van der Waals surface area (Å²) in [5.41, 5.74) is 2.03. The minimum Gasteiger partial charge on any atom is -0.301 e. The van der Waals surface area contributed by atoms with Crippen molar-refractivity contribution in [1.82, 2.24) is 4.98 Å². The molecule has 0 radical (unpaired) electrons. The van der Waals surface area contributed by atoms with Crippen LogP contribution in [-0.2, 0) is 4.79 Å². The number of amides is 1. The van der Waals surface area contributed by atoms with E-state index >= 15 is 0 Å². The smallest absolute Gasteiger partial charge is 0.243 e. The minimum absolute atomic E-state index is 0.282. The number of aromatic nitrogens is 1. The van der Waals surface area contributed by atoms with Gasteiger partial charge >= 0.3 is 0 Å². The first-order valence-corrected chi connectivity index (χ1v) is 6.53. The molecule has 1 atom stereocenters. The zero-order valence-electron chi connectivity index (χ0n) is 10.2. The number of nitriles is 1. The lowest BCUT2D eigenvalue weighted by Gasteiger charge is -2.04. The van der Waals surface area contributed by atoms with Gasteiger partial charge in [0, 0.05) is 0 Å². The summed E-state index contributed by atoms with van der Waals surface area (Å²) in [7, 11) is 0. The Labute approximate surface area is 109 Å². The molecule has 0 spiro atoms. The first kappa shape index (κ1) is 12.5.